The van der Waals surface area contributed by atoms with E-state index in [1.54, 1.807) is 11.0 Å². The summed E-state index contributed by atoms with van der Waals surface area (Å²) in [6.07, 6.45) is -0.745. The lowest BCUT2D eigenvalue weighted by molar-refractivity contribution is -0.115. The summed E-state index contributed by atoms with van der Waals surface area (Å²) in [6, 6.07) is 3.01. The number of fused-ring (bicyclic) bond motifs is 1. The Balaban J connectivity index is 1.80. The molecule has 7 heteroatoms. The van der Waals surface area contributed by atoms with Gasteiger partial charge in [-0.2, -0.15) is 0 Å². The molecule has 106 valence electrons. The fourth-order valence-corrected chi connectivity index (χ4v) is 2.61. The van der Waals surface area contributed by atoms with E-state index < -0.39 is 6.09 Å². The number of carboxylic acid groups (broad SMARTS) is 1. The number of halogens is 1. The fraction of sp³-hybridized carbons (Fsp3) is 0.385. The van der Waals surface area contributed by atoms with Crippen molar-refractivity contribution in [1.29, 1.82) is 0 Å². The maximum Gasteiger partial charge on any atom is 0.407 e. The lowest BCUT2D eigenvalue weighted by atomic mass is 10.1. The summed E-state index contributed by atoms with van der Waals surface area (Å²) in [5.41, 5.74) is 1.73. The van der Waals surface area contributed by atoms with Crippen molar-refractivity contribution in [1.82, 2.24) is 4.90 Å². The molecular weight excluding hydrogens is 265 g/mol. The van der Waals surface area contributed by atoms with Gasteiger partial charge in [-0.25, -0.2) is 9.18 Å². The molecule has 20 heavy (non-hydrogen) atoms. The third-order valence-electron chi connectivity index (χ3n) is 3.69. The minimum atomic E-state index is -0.952. The van der Waals surface area contributed by atoms with Crippen LogP contribution in [0.15, 0.2) is 12.1 Å². The molecule has 6 nitrogen and oxygen atoms in total. The van der Waals surface area contributed by atoms with Gasteiger partial charge in [-0.1, -0.05) is 0 Å². The van der Waals surface area contributed by atoms with Gasteiger partial charge in [-0.15, -0.1) is 0 Å². The van der Waals surface area contributed by atoms with Gasteiger partial charge >= 0.3 is 6.09 Å². The molecule has 1 aromatic rings. The van der Waals surface area contributed by atoms with Crippen LogP contribution in [0.4, 0.5) is 20.6 Å². The molecule has 2 aliphatic heterocycles. The van der Waals surface area contributed by atoms with Gasteiger partial charge in [0.25, 0.3) is 0 Å². The average molecular weight is 279 g/mol. The number of carbonyl (C=O) groups excluding carboxylic acids is 1. The Bertz CT molecular complexity index is 582. The maximum atomic E-state index is 14.1. The molecule has 0 unspecified atom stereocenters. The third-order valence-corrected chi connectivity index (χ3v) is 3.69. The van der Waals surface area contributed by atoms with Crippen LogP contribution in [0.3, 0.4) is 0 Å². The fourth-order valence-electron chi connectivity index (χ4n) is 2.61. The zero-order chi connectivity index (χ0) is 14.3. The number of hydrogen-bond acceptors (Lipinski definition) is 3. The molecule has 0 aliphatic carbocycles. The van der Waals surface area contributed by atoms with E-state index in [1.165, 1.54) is 11.0 Å². The van der Waals surface area contributed by atoms with Crippen molar-refractivity contribution in [3.05, 3.63) is 23.5 Å². The SMILES string of the molecule is O=C1Cc2cc(F)c(N3CCN(C(=O)O)CC3)cc2N1. The topological polar surface area (TPSA) is 72.9 Å². The molecule has 2 amide bonds. The number of carbonyl (C=O) groups is 2. The minimum Gasteiger partial charge on any atom is -0.465 e. The van der Waals surface area contributed by atoms with Crippen molar-refractivity contribution in [2.45, 2.75) is 6.42 Å². The van der Waals surface area contributed by atoms with E-state index in [2.05, 4.69) is 5.32 Å². The summed E-state index contributed by atoms with van der Waals surface area (Å²) in [5.74, 6) is -0.503. The second-order valence-corrected chi connectivity index (χ2v) is 4.94. The summed E-state index contributed by atoms with van der Waals surface area (Å²) < 4.78 is 14.1. The van der Waals surface area contributed by atoms with Crippen LogP contribution >= 0.6 is 0 Å². The number of nitrogens with zero attached hydrogens (tertiary/aromatic N) is 2. The number of hydrogen-bond donors (Lipinski definition) is 2. The zero-order valence-electron chi connectivity index (χ0n) is 10.7. The van der Waals surface area contributed by atoms with Crippen molar-refractivity contribution in [2.75, 3.05) is 36.4 Å². The van der Waals surface area contributed by atoms with Crippen molar-refractivity contribution in [2.24, 2.45) is 0 Å². The van der Waals surface area contributed by atoms with Crippen LogP contribution in [0.2, 0.25) is 0 Å². The normalized spacial score (nSPS) is 17.9. The number of benzene rings is 1. The summed E-state index contributed by atoms with van der Waals surface area (Å²) in [7, 11) is 0. The molecule has 0 aromatic heterocycles. The van der Waals surface area contributed by atoms with E-state index in [1.807, 2.05) is 0 Å². The molecule has 0 spiro atoms. The van der Waals surface area contributed by atoms with Gasteiger partial charge in [0, 0.05) is 31.9 Å². The van der Waals surface area contributed by atoms with E-state index in [0.29, 0.717) is 43.1 Å². The van der Waals surface area contributed by atoms with Crippen LogP contribution in [0, 0.1) is 5.82 Å². The molecule has 0 bridgehead atoms. The van der Waals surface area contributed by atoms with Gasteiger partial charge < -0.3 is 20.2 Å². The Labute approximate surface area is 114 Å². The van der Waals surface area contributed by atoms with Crippen LogP contribution in [0.5, 0.6) is 0 Å². The number of piperazine rings is 1. The molecule has 2 N–H and O–H groups in total. The van der Waals surface area contributed by atoms with E-state index >= 15 is 0 Å². The highest BCUT2D eigenvalue weighted by atomic mass is 19.1. The predicted octanol–water partition coefficient (Wildman–Crippen LogP) is 1.12. The second kappa shape index (κ2) is 4.66. The Morgan fingerprint density at radius 1 is 1.25 bits per heavy atom. The van der Waals surface area contributed by atoms with Gasteiger partial charge in [-0.3, -0.25) is 4.79 Å². The zero-order valence-corrected chi connectivity index (χ0v) is 10.7. The van der Waals surface area contributed by atoms with E-state index in [-0.39, 0.29) is 18.1 Å². The standard InChI is InChI=1S/C13H14FN3O3/c14-9-5-8-6-12(18)15-10(8)7-11(9)16-1-3-17(4-2-16)13(19)20/h5,7H,1-4,6H2,(H,15,18)(H,19,20). The van der Waals surface area contributed by atoms with Crippen LogP contribution in [0.1, 0.15) is 5.56 Å². The number of anilines is 2. The number of nitrogens with one attached hydrogen (secondary N) is 1. The highest BCUT2D eigenvalue weighted by Gasteiger charge is 2.25. The first-order chi connectivity index (χ1) is 9.54. The number of rotatable bonds is 1. The minimum absolute atomic E-state index is 0.132. The molecule has 2 heterocycles. The van der Waals surface area contributed by atoms with Crippen molar-refractivity contribution in [3.63, 3.8) is 0 Å². The maximum absolute atomic E-state index is 14.1. The van der Waals surface area contributed by atoms with Gasteiger partial charge in [0.1, 0.15) is 5.82 Å². The summed E-state index contributed by atoms with van der Waals surface area (Å²) in [4.78, 5) is 25.3. The molecule has 1 aromatic carbocycles. The Morgan fingerprint density at radius 2 is 1.95 bits per heavy atom. The van der Waals surface area contributed by atoms with Crippen LogP contribution in [-0.4, -0.2) is 48.2 Å². The van der Waals surface area contributed by atoms with Crippen LogP contribution in [0.25, 0.3) is 0 Å². The Morgan fingerprint density at radius 3 is 2.60 bits per heavy atom. The van der Waals surface area contributed by atoms with Crippen LogP contribution < -0.4 is 10.2 Å². The second-order valence-electron chi connectivity index (χ2n) is 4.94. The first-order valence-electron chi connectivity index (χ1n) is 6.39. The monoisotopic (exact) mass is 279 g/mol. The summed E-state index contributed by atoms with van der Waals surface area (Å²) in [5, 5.41) is 11.6. The quantitative estimate of drug-likeness (QED) is 0.808. The van der Waals surface area contributed by atoms with Gasteiger partial charge in [0.15, 0.2) is 0 Å². The molecule has 0 saturated carbocycles. The summed E-state index contributed by atoms with van der Waals surface area (Å²) >= 11 is 0. The molecular formula is C13H14FN3O3. The number of amides is 2. The van der Waals surface area contributed by atoms with Gasteiger partial charge in [-0.05, 0) is 17.7 Å². The van der Waals surface area contributed by atoms with E-state index in [9.17, 15) is 14.0 Å². The van der Waals surface area contributed by atoms with Gasteiger partial charge in [0.2, 0.25) is 5.91 Å². The highest BCUT2D eigenvalue weighted by molar-refractivity contribution is 5.99. The Kier molecular flexibility index (Phi) is 2.96. The predicted molar refractivity (Wildman–Crippen MR) is 70.5 cm³/mol. The first-order valence-corrected chi connectivity index (χ1v) is 6.39. The van der Waals surface area contributed by atoms with E-state index in [0.717, 1.165) is 0 Å². The highest BCUT2D eigenvalue weighted by Crippen LogP contribution is 2.31. The van der Waals surface area contributed by atoms with Crippen molar-refractivity contribution < 1.29 is 19.1 Å². The Hall–Kier alpha value is -2.31. The lowest BCUT2D eigenvalue weighted by Crippen LogP contribution is -2.48. The largest absolute Gasteiger partial charge is 0.465 e. The van der Waals surface area contributed by atoms with E-state index in [4.69, 9.17) is 5.11 Å². The van der Waals surface area contributed by atoms with Crippen molar-refractivity contribution >= 4 is 23.4 Å². The molecule has 2 aliphatic rings. The molecule has 1 saturated heterocycles. The van der Waals surface area contributed by atoms with Gasteiger partial charge in [0.05, 0.1) is 12.1 Å². The molecule has 3 rings (SSSR count). The third kappa shape index (κ3) is 2.15. The molecule has 1 fully saturated rings. The summed E-state index contributed by atoms with van der Waals surface area (Å²) in [6.45, 7) is 1.57. The van der Waals surface area contributed by atoms with Crippen LogP contribution in [-0.2, 0) is 11.2 Å². The first kappa shape index (κ1) is 12.7. The lowest BCUT2D eigenvalue weighted by Gasteiger charge is -2.34. The smallest absolute Gasteiger partial charge is 0.407 e. The molecule has 0 atom stereocenters. The van der Waals surface area contributed by atoms with Crippen molar-refractivity contribution in [3.8, 4) is 0 Å². The molecule has 0 radical (unpaired) electrons. The average Bonchev–Trinajstić information content (AvgIpc) is 2.77.